The average Bonchev–Trinajstić information content (AvgIpc) is 2.75. The van der Waals surface area contributed by atoms with Crippen LogP contribution in [0.3, 0.4) is 0 Å². The third-order valence-electron chi connectivity index (χ3n) is 4.32. The van der Waals surface area contributed by atoms with Crippen LogP contribution in [-0.4, -0.2) is 27.0 Å². The zero-order chi connectivity index (χ0) is 22.1. The van der Waals surface area contributed by atoms with Crippen molar-refractivity contribution < 1.29 is 16.8 Å². The molecule has 4 rings (SSSR count). The highest BCUT2D eigenvalue weighted by molar-refractivity contribution is 7.93. The Morgan fingerprint density at radius 3 is 1.97 bits per heavy atom. The summed E-state index contributed by atoms with van der Waals surface area (Å²) in [6, 6.07) is 20.3. The fourth-order valence-corrected chi connectivity index (χ4v) is 5.01. The number of aromatic nitrogens is 2. The molecule has 0 bridgehead atoms. The van der Waals surface area contributed by atoms with Crippen molar-refractivity contribution in [2.24, 2.45) is 0 Å². The Kier molecular flexibility index (Phi) is 5.52. The second kappa shape index (κ2) is 8.14. The molecular formula is C20H15ClN4O4S2. The van der Waals surface area contributed by atoms with Crippen LogP contribution in [0.25, 0.3) is 10.8 Å². The van der Waals surface area contributed by atoms with E-state index in [4.69, 9.17) is 11.6 Å². The molecule has 0 fully saturated rings. The van der Waals surface area contributed by atoms with Gasteiger partial charge in [0.15, 0.2) is 11.0 Å². The van der Waals surface area contributed by atoms with Gasteiger partial charge in [0.25, 0.3) is 20.0 Å². The van der Waals surface area contributed by atoms with Crippen LogP contribution in [0.4, 0.5) is 11.5 Å². The standard InChI is InChI=1S/C20H15ClN4O4S2/c21-19-11-12-20(23-22-19)25-30(26,27)17-9-6-16(7-10-17)24-31(28,29)18-8-5-14-3-1-2-4-15(14)13-18/h1-13,24H,(H,23,25). The van der Waals surface area contributed by atoms with E-state index in [0.29, 0.717) is 0 Å². The Morgan fingerprint density at radius 1 is 0.645 bits per heavy atom. The van der Waals surface area contributed by atoms with Gasteiger partial charge in [0.2, 0.25) is 0 Å². The third kappa shape index (κ3) is 4.76. The molecule has 8 nitrogen and oxygen atoms in total. The predicted octanol–water partition coefficient (Wildman–Crippen LogP) is 3.88. The molecule has 0 spiro atoms. The van der Waals surface area contributed by atoms with Crippen LogP contribution in [0.2, 0.25) is 5.15 Å². The van der Waals surface area contributed by atoms with E-state index in [1.165, 1.54) is 42.5 Å². The first-order valence-electron chi connectivity index (χ1n) is 8.87. The summed E-state index contributed by atoms with van der Waals surface area (Å²) in [6.45, 7) is 0. The quantitative estimate of drug-likeness (QED) is 0.437. The van der Waals surface area contributed by atoms with Crippen LogP contribution in [-0.2, 0) is 20.0 Å². The van der Waals surface area contributed by atoms with Gasteiger partial charge < -0.3 is 0 Å². The van der Waals surface area contributed by atoms with E-state index < -0.39 is 20.0 Å². The SMILES string of the molecule is O=S(=O)(Nc1ccc(S(=O)(=O)Nc2ccc(Cl)nn2)cc1)c1ccc2ccccc2c1. The summed E-state index contributed by atoms with van der Waals surface area (Å²) in [5.74, 6) is 0.00508. The number of benzene rings is 3. The number of fused-ring (bicyclic) bond motifs is 1. The van der Waals surface area contributed by atoms with Crippen LogP contribution in [0.15, 0.2) is 88.7 Å². The van der Waals surface area contributed by atoms with Crippen molar-refractivity contribution in [2.45, 2.75) is 9.79 Å². The molecule has 0 atom stereocenters. The Morgan fingerprint density at radius 2 is 1.29 bits per heavy atom. The molecule has 3 aromatic carbocycles. The van der Waals surface area contributed by atoms with Gasteiger partial charge in [0.1, 0.15) is 0 Å². The Bertz CT molecular complexity index is 1460. The number of rotatable bonds is 6. The summed E-state index contributed by atoms with van der Waals surface area (Å²) in [4.78, 5) is 0.0313. The number of halogens is 1. The molecule has 1 aromatic heterocycles. The summed E-state index contributed by atoms with van der Waals surface area (Å²) in [5.41, 5.74) is 0.221. The molecule has 0 aliphatic carbocycles. The Hall–Kier alpha value is -3.21. The fourth-order valence-electron chi connectivity index (χ4n) is 2.82. The van der Waals surface area contributed by atoms with E-state index >= 15 is 0 Å². The molecule has 0 radical (unpaired) electrons. The summed E-state index contributed by atoms with van der Waals surface area (Å²) in [7, 11) is -7.79. The smallest absolute Gasteiger partial charge is 0.263 e. The fraction of sp³-hybridized carbons (Fsp3) is 0. The predicted molar refractivity (Wildman–Crippen MR) is 119 cm³/mol. The molecule has 2 N–H and O–H groups in total. The zero-order valence-corrected chi connectivity index (χ0v) is 18.1. The second-order valence-electron chi connectivity index (χ2n) is 6.49. The molecule has 0 aliphatic heterocycles. The molecule has 0 amide bonds. The summed E-state index contributed by atoms with van der Waals surface area (Å²) in [6.07, 6.45) is 0. The highest BCUT2D eigenvalue weighted by Gasteiger charge is 2.18. The van der Waals surface area contributed by atoms with E-state index in [9.17, 15) is 16.8 Å². The van der Waals surface area contributed by atoms with Gasteiger partial charge in [0, 0.05) is 5.69 Å². The minimum atomic E-state index is -3.94. The van der Waals surface area contributed by atoms with Crippen molar-refractivity contribution in [3.63, 3.8) is 0 Å². The van der Waals surface area contributed by atoms with Crippen molar-refractivity contribution >= 4 is 53.9 Å². The molecule has 11 heteroatoms. The number of anilines is 2. The lowest BCUT2D eigenvalue weighted by Gasteiger charge is -2.10. The lowest BCUT2D eigenvalue weighted by atomic mass is 10.1. The van der Waals surface area contributed by atoms with Crippen LogP contribution in [0.1, 0.15) is 0 Å². The highest BCUT2D eigenvalue weighted by atomic mass is 35.5. The van der Waals surface area contributed by atoms with Gasteiger partial charge in [-0.3, -0.25) is 9.44 Å². The molecule has 158 valence electrons. The number of hydrogen-bond donors (Lipinski definition) is 2. The lowest BCUT2D eigenvalue weighted by Crippen LogP contribution is -2.15. The van der Waals surface area contributed by atoms with Gasteiger partial charge in [-0.05, 0) is 59.3 Å². The highest BCUT2D eigenvalue weighted by Crippen LogP contribution is 2.23. The topological polar surface area (TPSA) is 118 Å². The van der Waals surface area contributed by atoms with Crippen LogP contribution < -0.4 is 9.44 Å². The summed E-state index contributed by atoms with van der Waals surface area (Å²) >= 11 is 5.64. The molecule has 1 heterocycles. The monoisotopic (exact) mass is 474 g/mol. The lowest BCUT2D eigenvalue weighted by molar-refractivity contribution is 0.600. The van der Waals surface area contributed by atoms with Gasteiger partial charge in [-0.2, -0.15) is 0 Å². The van der Waals surface area contributed by atoms with Crippen LogP contribution in [0.5, 0.6) is 0 Å². The van der Waals surface area contributed by atoms with Crippen LogP contribution >= 0.6 is 11.6 Å². The largest absolute Gasteiger partial charge is 0.280 e. The molecule has 0 unspecified atom stereocenters. The van der Waals surface area contributed by atoms with Gasteiger partial charge in [-0.1, -0.05) is 41.9 Å². The molecule has 0 saturated carbocycles. The number of nitrogens with one attached hydrogen (secondary N) is 2. The molecule has 0 saturated heterocycles. The maximum atomic E-state index is 12.7. The molecular weight excluding hydrogens is 460 g/mol. The summed E-state index contributed by atoms with van der Waals surface area (Å²) < 4.78 is 55.1. The number of hydrogen-bond acceptors (Lipinski definition) is 6. The summed E-state index contributed by atoms with van der Waals surface area (Å²) in [5, 5.41) is 9.07. The second-order valence-corrected chi connectivity index (χ2v) is 10.2. The van der Waals surface area contributed by atoms with Crippen molar-refractivity contribution in [1.29, 1.82) is 0 Å². The van der Waals surface area contributed by atoms with Crippen molar-refractivity contribution in [1.82, 2.24) is 10.2 Å². The average molecular weight is 475 g/mol. The molecule has 4 aromatic rings. The third-order valence-corrected chi connectivity index (χ3v) is 7.27. The van der Waals surface area contributed by atoms with E-state index in [-0.39, 0.29) is 26.4 Å². The molecule has 0 aliphatic rings. The van der Waals surface area contributed by atoms with E-state index in [1.54, 1.807) is 12.1 Å². The van der Waals surface area contributed by atoms with Gasteiger partial charge in [-0.15, -0.1) is 10.2 Å². The maximum absolute atomic E-state index is 12.7. The minimum absolute atomic E-state index is 0.00508. The van der Waals surface area contributed by atoms with Crippen molar-refractivity contribution in [3.05, 3.63) is 84.0 Å². The molecule has 31 heavy (non-hydrogen) atoms. The maximum Gasteiger partial charge on any atom is 0.263 e. The van der Waals surface area contributed by atoms with Gasteiger partial charge in [-0.25, -0.2) is 16.8 Å². The van der Waals surface area contributed by atoms with Crippen molar-refractivity contribution in [2.75, 3.05) is 9.44 Å². The van der Waals surface area contributed by atoms with E-state index in [1.807, 2.05) is 24.3 Å². The zero-order valence-electron chi connectivity index (χ0n) is 15.7. The first kappa shape index (κ1) is 21.0. The normalized spacial score (nSPS) is 11.9. The van der Waals surface area contributed by atoms with E-state index in [2.05, 4.69) is 19.6 Å². The minimum Gasteiger partial charge on any atom is -0.280 e. The Balaban J connectivity index is 1.53. The van der Waals surface area contributed by atoms with Gasteiger partial charge in [0.05, 0.1) is 9.79 Å². The van der Waals surface area contributed by atoms with Crippen LogP contribution in [0, 0.1) is 0 Å². The first-order valence-corrected chi connectivity index (χ1v) is 12.2. The Labute approximate surface area is 184 Å². The first-order chi connectivity index (χ1) is 14.7. The van der Waals surface area contributed by atoms with E-state index in [0.717, 1.165) is 10.8 Å². The van der Waals surface area contributed by atoms with Gasteiger partial charge >= 0.3 is 0 Å². The van der Waals surface area contributed by atoms with Crippen molar-refractivity contribution in [3.8, 4) is 0 Å². The number of sulfonamides is 2. The number of nitrogens with zero attached hydrogens (tertiary/aromatic N) is 2.